The van der Waals surface area contributed by atoms with Gasteiger partial charge < -0.3 is 16.0 Å². The molecule has 0 fully saturated rings. The molecule has 0 spiro atoms. The SMILES string of the molecule is CC(C)C(=O)Nc1ccc(NC(=O)C[C@H](NC(=O)c2ccccc2Cl)c2ccccc2)cc1. The molecule has 0 saturated carbocycles. The van der Waals surface area contributed by atoms with Gasteiger partial charge in [0.05, 0.1) is 23.0 Å². The Labute approximate surface area is 198 Å². The first-order valence-electron chi connectivity index (χ1n) is 10.6. The number of halogens is 1. The van der Waals surface area contributed by atoms with Crippen LogP contribution >= 0.6 is 11.6 Å². The number of amides is 3. The first-order chi connectivity index (χ1) is 15.8. The highest BCUT2D eigenvalue weighted by molar-refractivity contribution is 6.33. The monoisotopic (exact) mass is 463 g/mol. The average molecular weight is 464 g/mol. The lowest BCUT2D eigenvalue weighted by Crippen LogP contribution is -2.31. The van der Waals surface area contributed by atoms with Crippen molar-refractivity contribution in [2.24, 2.45) is 5.92 Å². The van der Waals surface area contributed by atoms with E-state index in [0.717, 1.165) is 5.56 Å². The molecule has 3 amide bonds. The number of hydrogen-bond donors (Lipinski definition) is 3. The number of hydrogen-bond acceptors (Lipinski definition) is 3. The number of anilines is 2. The maximum absolute atomic E-state index is 12.8. The van der Waals surface area contributed by atoms with Crippen molar-refractivity contribution >= 4 is 40.7 Å². The van der Waals surface area contributed by atoms with Gasteiger partial charge in [-0.05, 0) is 42.0 Å². The Kier molecular flexibility index (Phi) is 8.22. The molecule has 0 unspecified atom stereocenters. The zero-order chi connectivity index (χ0) is 23.8. The lowest BCUT2D eigenvalue weighted by molar-refractivity contribution is -0.119. The topological polar surface area (TPSA) is 87.3 Å². The molecule has 0 aliphatic heterocycles. The largest absolute Gasteiger partial charge is 0.345 e. The third-order valence-corrected chi connectivity index (χ3v) is 5.31. The number of benzene rings is 3. The maximum Gasteiger partial charge on any atom is 0.253 e. The summed E-state index contributed by atoms with van der Waals surface area (Å²) in [4.78, 5) is 37.4. The van der Waals surface area contributed by atoms with Crippen LogP contribution in [0.4, 0.5) is 11.4 Å². The predicted octanol–water partition coefficient (Wildman–Crippen LogP) is 5.43. The summed E-state index contributed by atoms with van der Waals surface area (Å²) < 4.78 is 0. The lowest BCUT2D eigenvalue weighted by atomic mass is 10.0. The van der Waals surface area contributed by atoms with Gasteiger partial charge in [0, 0.05) is 17.3 Å². The molecule has 6 nitrogen and oxygen atoms in total. The minimum atomic E-state index is -0.542. The Balaban J connectivity index is 1.68. The van der Waals surface area contributed by atoms with Crippen molar-refractivity contribution in [3.63, 3.8) is 0 Å². The molecule has 0 aliphatic rings. The van der Waals surface area contributed by atoms with Crippen molar-refractivity contribution in [1.82, 2.24) is 5.32 Å². The first kappa shape index (κ1) is 24.0. The van der Waals surface area contributed by atoms with Gasteiger partial charge in [-0.25, -0.2) is 0 Å². The van der Waals surface area contributed by atoms with Crippen molar-refractivity contribution in [3.8, 4) is 0 Å². The van der Waals surface area contributed by atoms with E-state index >= 15 is 0 Å². The second-order valence-corrected chi connectivity index (χ2v) is 8.30. The zero-order valence-electron chi connectivity index (χ0n) is 18.5. The molecule has 0 aliphatic carbocycles. The highest BCUT2D eigenvalue weighted by atomic mass is 35.5. The molecule has 170 valence electrons. The van der Waals surface area contributed by atoms with Crippen molar-refractivity contribution in [2.45, 2.75) is 26.3 Å². The molecular weight excluding hydrogens is 438 g/mol. The van der Waals surface area contributed by atoms with Crippen molar-refractivity contribution < 1.29 is 14.4 Å². The van der Waals surface area contributed by atoms with E-state index in [1.807, 2.05) is 44.2 Å². The van der Waals surface area contributed by atoms with Crippen molar-refractivity contribution in [3.05, 3.63) is 95.0 Å². The summed E-state index contributed by atoms with van der Waals surface area (Å²) in [6.45, 7) is 3.63. The molecule has 0 radical (unpaired) electrons. The van der Waals surface area contributed by atoms with Crippen LogP contribution in [0.25, 0.3) is 0 Å². The number of carbonyl (C=O) groups is 3. The van der Waals surface area contributed by atoms with Crippen LogP contribution < -0.4 is 16.0 Å². The highest BCUT2D eigenvalue weighted by Crippen LogP contribution is 2.22. The fraction of sp³-hybridized carbons (Fsp3) is 0.192. The van der Waals surface area contributed by atoms with Crippen LogP contribution in [0.15, 0.2) is 78.9 Å². The molecule has 0 saturated heterocycles. The fourth-order valence-corrected chi connectivity index (χ4v) is 3.36. The molecule has 33 heavy (non-hydrogen) atoms. The lowest BCUT2D eigenvalue weighted by Gasteiger charge is -2.19. The minimum Gasteiger partial charge on any atom is -0.345 e. The van der Waals surface area contributed by atoms with E-state index in [-0.39, 0.29) is 30.1 Å². The third kappa shape index (κ3) is 6.92. The molecule has 7 heteroatoms. The molecule has 3 rings (SSSR count). The normalized spacial score (nSPS) is 11.5. The van der Waals surface area contributed by atoms with Gasteiger partial charge in [-0.15, -0.1) is 0 Å². The minimum absolute atomic E-state index is 0.0338. The van der Waals surface area contributed by atoms with Crippen LogP contribution in [-0.2, 0) is 9.59 Å². The first-order valence-corrected chi connectivity index (χ1v) is 11.0. The van der Waals surface area contributed by atoms with Gasteiger partial charge >= 0.3 is 0 Å². The standard InChI is InChI=1S/C26H26ClN3O3/c1-17(2)25(32)29-20-14-12-19(13-15-20)28-24(31)16-23(18-8-4-3-5-9-18)30-26(33)21-10-6-7-11-22(21)27/h3-15,17,23H,16H2,1-2H3,(H,28,31)(H,29,32)(H,30,33)/t23-/m0/s1. The Morgan fingerprint density at radius 1 is 0.788 bits per heavy atom. The van der Waals surface area contributed by atoms with Crippen LogP contribution in [-0.4, -0.2) is 17.7 Å². The summed E-state index contributed by atoms with van der Waals surface area (Å²) in [6, 6.07) is 22.4. The van der Waals surface area contributed by atoms with E-state index in [1.54, 1.807) is 48.5 Å². The van der Waals surface area contributed by atoms with Gasteiger partial charge in [-0.1, -0.05) is 67.9 Å². The van der Waals surface area contributed by atoms with E-state index in [0.29, 0.717) is 22.0 Å². The van der Waals surface area contributed by atoms with Gasteiger partial charge in [0.1, 0.15) is 0 Å². The molecule has 3 aromatic carbocycles. The number of rotatable bonds is 8. The maximum atomic E-state index is 12.8. The van der Waals surface area contributed by atoms with Gasteiger partial charge in [0.25, 0.3) is 5.91 Å². The fourth-order valence-electron chi connectivity index (χ4n) is 3.14. The second-order valence-electron chi connectivity index (χ2n) is 7.89. The zero-order valence-corrected chi connectivity index (χ0v) is 19.2. The van der Waals surface area contributed by atoms with Crippen molar-refractivity contribution in [2.75, 3.05) is 10.6 Å². The van der Waals surface area contributed by atoms with E-state index in [9.17, 15) is 14.4 Å². The van der Waals surface area contributed by atoms with Crippen LogP contribution in [0, 0.1) is 5.92 Å². The van der Waals surface area contributed by atoms with Gasteiger partial charge in [-0.2, -0.15) is 0 Å². The molecule has 1 atom stereocenters. The van der Waals surface area contributed by atoms with Crippen LogP contribution in [0.3, 0.4) is 0 Å². The van der Waals surface area contributed by atoms with E-state index in [1.165, 1.54) is 0 Å². The van der Waals surface area contributed by atoms with E-state index in [2.05, 4.69) is 16.0 Å². The Morgan fingerprint density at radius 3 is 1.97 bits per heavy atom. The molecule has 0 aromatic heterocycles. The summed E-state index contributed by atoms with van der Waals surface area (Å²) in [7, 11) is 0. The highest BCUT2D eigenvalue weighted by Gasteiger charge is 2.20. The molecule has 0 bridgehead atoms. The Hall–Kier alpha value is -3.64. The third-order valence-electron chi connectivity index (χ3n) is 4.98. The molecule has 3 aromatic rings. The summed E-state index contributed by atoms with van der Waals surface area (Å²) >= 11 is 6.16. The summed E-state index contributed by atoms with van der Waals surface area (Å²) in [5, 5.41) is 8.91. The quantitative estimate of drug-likeness (QED) is 0.416. The second kappa shape index (κ2) is 11.3. The van der Waals surface area contributed by atoms with Gasteiger partial charge in [0.15, 0.2) is 0 Å². The smallest absolute Gasteiger partial charge is 0.253 e. The van der Waals surface area contributed by atoms with Crippen molar-refractivity contribution in [1.29, 1.82) is 0 Å². The number of carbonyl (C=O) groups excluding carboxylic acids is 3. The van der Waals surface area contributed by atoms with Crippen LogP contribution in [0.2, 0.25) is 5.02 Å². The molecule has 0 heterocycles. The summed E-state index contributed by atoms with van der Waals surface area (Å²) in [5.74, 6) is -0.818. The van der Waals surface area contributed by atoms with Crippen LogP contribution in [0.5, 0.6) is 0 Å². The predicted molar refractivity (Wildman–Crippen MR) is 131 cm³/mol. The molecular formula is C26H26ClN3O3. The van der Waals surface area contributed by atoms with E-state index < -0.39 is 6.04 Å². The average Bonchev–Trinajstić information content (AvgIpc) is 2.80. The van der Waals surface area contributed by atoms with E-state index in [4.69, 9.17) is 11.6 Å². The van der Waals surface area contributed by atoms with Gasteiger partial charge in [-0.3, -0.25) is 14.4 Å². The summed E-state index contributed by atoms with van der Waals surface area (Å²) in [5.41, 5.74) is 2.40. The molecule has 3 N–H and O–H groups in total. The number of nitrogens with one attached hydrogen (secondary N) is 3. The van der Waals surface area contributed by atoms with Gasteiger partial charge in [0.2, 0.25) is 11.8 Å². The Bertz CT molecular complexity index is 1120. The summed E-state index contributed by atoms with van der Waals surface area (Å²) in [6.07, 6.45) is 0.0338. The Morgan fingerprint density at radius 2 is 1.36 bits per heavy atom. The van der Waals surface area contributed by atoms with Crippen LogP contribution in [0.1, 0.15) is 42.2 Å².